The van der Waals surface area contributed by atoms with Crippen LogP contribution in [0.15, 0.2) is 36.7 Å². The van der Waals surface area contributed by atoms with Gasteiger partial charge in [0.25, 0.3) is 0 Å². The molecule has 1 aromatic heterocycles. The molecule has 0 saturated carbocycles. The number of benzene rings is 1. The summed E-state index contributed by atoms with van der Waals surface area (Å²) in [5, 5.41) is 6.68. The zero-order valence-electron chi connectivity index (χ0n) is 14.4. The third-order valence-corrected chi connectivity index (χ3v) is 3.50. The molecule has 5 nitrogen and oxygen atoms in total. The van der Waals surface area contributed by atoms with Crippen LogP contribution in [0.5, 0.6) is 0 Å². The fraction of sp³-hybridized carbons (Fsp3) is 0.444. The predicted molar refractivity (Wildman–Crippen MR) is 95.4 cm³/mol. The minimum atomic E-state index is 0.0673. The monoisotopic (exact) mass is 314 g/mol. The quantitative estimate of drug-likeness (QED) is 0.757. The summed E-state index contributed by atoms with van der Waals surface area (Å²) in [4.78, 5) is 8.56. The second-order valence-corrected chi connectivity index (χ2v) is 6.48. The van der Waals surface area contributed by atoms with E-state index in [1.807, 2.05) is 12.1 Å². The lowest BCUT2D eigenvalue weighted by Crippen LogP contribution is -2.14. The Bertz CT molecular complexity index is 622. The number of rotatable bonds is 7. The standard InChI is InChI=1S/C18H26N4O/c1-18(2,3)14-8-5-6-9-15(14)22-17-12-16(20-13-21-17)19-10-7-11-23-4/h5-6,8-9,12-13H,7,10-11H2,1-4H3,(H2,19,20,21,22). The molecular formula is C18H26N4O. The zero-order valence-corrected chi connectivity index (χ0v) is 14.4. The SMILES string of the molecule is COCCCNc1cc(Nc2ccccc2C(C)(C)C)ncn1. The van der Waals surface area contributed by atoms with Crippen molar-refractivity contribution in [1.82, 2.24) is 9.97 Å². The van der Waals surface area contributed by atoms with Gasteiger partial charge in [-0.25, -0.2) is 9.97 Å². The minimum absolute atomic E-state index is 0.0673. The molecule has 23 heavy (non-hydrogen) atoms. The summed E-state index contributed by atoms with van der Waals surface area (Å²) in [5.41, 5.74) is 2.40. The Hall–Kier alpha value is -2.14. The highest BCUT2D eigenvalue weighted by molar-refractivity contribution is 5.63. The molecule has 2 aromatic rings. The Labute approximate surface area is 138 Å². The number of methoxy groups -OCH3 is 1. The number of anilines is 3. The highest BCUT2D eigenvalue weighted by Crippen LogP contribution is 2.30. The highest BCUT2D eigenvalue weighted by Gasteiger charge is 2.17. The summed E-state index contributed by atoms with van der Waals surface area (Å²) in [6, 6.07) is 10.2. The van der Waals surface area contributed by atoms with Crippen LogP contribution in [0.1, 0.15) is 32.8 Å². The number of ether oxygens (including phenoxy) is 1. The average molecular weight is 314 g/mol. The summed E-state index contributed by atoms with van der Waals surface area (Å²) in [6.45, 7) is 8.17. The van der Waals surface area contributed by atoms with Crippen molar-refractivity contribution in [1.29, 1.82) is 0 Å². The lowest BCUT2D eigenvalue weighted by molar-refractivity contribution is 0.198. The molecule has 0 aliphatic carbocycles. The molecule has 124 valence electrons. The van der Waals surface area contributed by atoms with Crippen LogP contribution in [0, 0.1) is 0 Å². The van der Waals surface area contributed by atoms with Crippen molar-refractivity contribution in [2.24, 2.45) is 0 Å². The zero-order chi connectivity index (χ0) is 16.7. The number of hydrogen-bond acceptors (Lipinski definition) is 5. The third-order valence-electron chi connectivity index (χ3n) is 3.50. The molecule has 0 aliphatic rings. The first-order chi connectivity index (χ1) is 11.0. The molecular weight excluding hydrogens is 288 g/mol. The largest absolute Gasteiger partial charge is 0.385 e. The maximum Gasteiger partial charge on any atom is 0.135 e. The van der Waals surface area contributed by atoms with Gasteiger partial charge >= 0.3 is 0 Å². The van der Waals surface area contributed by atoms with Crippen LogP contribution in [-0.4, -0.2) is 30.2 Å². The molecule has 5 heteroatoms. The number of aromatic nitrogens is 2. The van der Waals surface area contributed by atoms with E-state index < -0.39 is 0 Å². The van der Waals surface area contributed by atoms with Crippen LogP contribution < -0.4 is 10.6 Å². The van der Waals surface area contributed by atoms with E-state index in [1.165, 1.54) is 5.56 Å². The van der Waals surface area contributed by atoms with Crippen LogP contribution in [0.25, 0.3) is 0 Å². The molecule has 0 saturated heterocycles. The predicted octanol–water partition coefficient (Wildman–Crippen LogP) is 3.97. The molecule has 1 aromatic carbocycles. The van der Waals surface area contributed by atoms with Crippen molar-refractivity contribution in [3.05, 3.63) is 42.2 Å². The van der Waals surface area contributed by atoms with E-state index in [2.05, 4.69) is 59.6 Å². The molecule has 0 bridgehead atoms. The van der Waals surface area contributed by atoms with E-state index in [-0.39, 0.29) is 5.41 Å². The minimum Gasteiger partial charge on any atom is -0.385 e. The van der Waals surface area contributed by atoms with Crippen LogP contribution in [0.4, 0.5) is 17.3 Å². The van der Waals surface area contributed by atoms with Crippen molar-refractivity contribution in [3.63, 3.8) is 0 Å². The summed E-state index contributed by atoms with van der Waals surface area (Å²) >= 11 is 0. The Kier molecular flexibility index (Phi) is 5.93. The van der Waals surface area contributed by atoms with Gasteiger partial charge in [-0.05, 0) is 23.5 Å². The van der Waals surface area contributed by atoms with E-state index in [0.29, 0.717) is 0 Å². The number of hydrogen-bond donors (Lipinski definition) is 2. The lowest BCUT2D eigenvalue weighted by atomic mass is 9.86. The van der Waals surface area contributed by atoms with Crippen molar-refractivity contribution in [2.75, 3.05) is 30.9 Å². The van der Waals surface area contributed by atoms with Gasteiger partial charge in [0.2, 0.25) is 0 Å². The van der Waals surface area contributed by atoms with Gasteiger partial charge in [-0.2, -0.15) is 0 Å². The topological polar surface area (TPSA) is 59.1 Å². The second kappa shape index (κ2) is 7.92. The first-order valence-corrected chi connectivity index (χ1v) is 7.92. The first-order valence-electron chi connectivity index (χ1n) is 7.92. The van der Waals surface area contributed by atoms with E-state index in [0.717, 1.165) is 36.9 Å². The fourth-order valence-electron chi connectivity index (χ4n) is 2.34. The van der Waals surface area contributed by atoms with Gasteiger partial charge in [-0.1, -0.05) is 39.0 Å². The molecule has 0 unspecified atom stereocenters. The summed E-state index contributed by atoms with van der Waals surface area (Å²) < 4.78 is 5.04. The average Bonchev–Trinajstić information content (AvgIpc) is 2.51. The van der Waals surface area contributed by atoms with Crippen molar-refractivity contribution in [2.45, 2.75) is 32.6 Å². The first kappa shape index (κ1) is 17.2. The van der Waals surface area contributed by atoms with E-state index >= 15 is 0 Å². The van der Waals surface area contributed by atoms with Gasteiger partial charge in [0.15, 0.2) is 0 Å². The summed E-state index contributed by atoms with van der Waals surface area (Å²) in [5.74, 6) is 1.60. The molecule has 0 amide bonds. The maximum atomic E-state index is 5.04. The van der Waals surface area contributed by atoms with Crippen LogP contribution in [-0.2, 0) is 10.2 Å². The maximum absolute atomic E-state index is 5.04. The Balaban J connectivity index is 2.09. The number of nitrogens with one attached hydrogen (secondary N) is 2. The normalized spacial score (nSPS) is 11.3. The van der Waals surface area contributed by atoms with Gasteiger partial charge < -0.3 is 15.4 Å². The van der Waals surface area contributed by atoms with E-state index in [9.17, 15) is 0 Å². The molecule has 2 N–H and O–H groups in total. The van der Waals surface area contributed by atoms with Crippen LogP contribution >= 0.6 is 0 Å². The fourth-order valence-corrected chi connectivity index (χ4v) is 2.34. The molecule has 2 rings (SSSR count). The summed E-state index contributed by atoms with van der Waals surface area (Å²) in [7, 11) is 1.71. The van der Waals surface area contributed by atoms with Crippen molar-refractivity contribution < 1.29 is 4.74 Å². The lowest BCUT2D eigenvalue weighted by Gasteiger charge is -2.23. The molecule has 0 atom stereocenters. The number of para-hydroxylation sites is 1. The van der Waals surface area contributed by atoms with Gasteiger partial charge in [0, 0.05) is 32.0 Å². The molecule has 1 heterocycles. The van der Waals surface area contributed by atoms with E-state index in [1.54, 1.807) is 13.4 Å². The van der Waals surface area contributed by atoms with Gasteiger partial charge in [-0.3, -0.25) is 0 Å². The Morgan fingerprint density at radius 2 is 1.83 bits per heavy atom. The van der Waals surface area contributed by atoms with Crippen LogP contribution in [0.3, 0.4) is 0 Å². The van der Waals surface area contributed by atoms with Gasteiger partial charge in [0.05, 0.1) is 0 Å². The smallest absolute Gasteiger partial charge is 0.135 e. The Morgan fingerprint density at radius 1 is 1.09 bits per heavy atom. The van der Waals surface area contributed by atoms with E-state index in [4.69, 9.17) is 4.74 Å². The number of nitrogens with zero attached hydrogens (tertiary/aromatic N) is 2. The third kappa shape index (κ3) is 5.21. The van der Waals surface area contributed by atoms with Gasteiger partial charge in [-0.15, -0.1) is 0 Å². The second-order valence-electron chi connectivity index (χ2n) is 6.48. The van der Waals surface area contributed by atoms with Gasteiger partial charge in [0.1, 0.15) is 18.0 Å². The van der Waals surface area contributed by atoms with Crippen molar-refractivity contribution in [3.8, 4) is 0 Å². The summed E-state index contributed by atoms with van der Waals surface area (Å²) in [6.07, 6.45) is 2.51. The highest BCUT2D eigenvalue weighted by atomic mass is 16.5. The molecule has 0 spiro atoms. The molecule has 0 radical (unpaired) electrons. The van der Waals surface area contributed by atoms with Crippen LogP contribution in [0.2, 0.25) is 0 Å². The molecule has 0 fully saturated rings. The molecule has 0 aliphatic heterocycles. The Morgan fingerprint density at radius 3 is 2.57 bits per heavy atom. The van der Waals surface area contributed by atoms with Crippen molar-refractivity contribution >= 4 is 17.3 Å².